The highest BCUT2D eigenvalue weighted by Gasteiger charge is 2.25. The molecule has 8 heteroatoms. The second-order valence-electron chi connectivity index (χ2n) is 7.56. The Morgan fingerprint density at radius 3 is 2.32 bits per heavy atom. The van der Waals surface area contributed by atoms with Crippen molar-refractivity contribution in [2.75, 3.05) is 45.2 Å². The highest BCUT2D eigenvalue weighted by molar-refractivity contribution is 5.95. The molecule has 4 rings (SSSR count). The Balaban J connectivity index is 1.26. The van der Waals surface area contributed by atoms with Crippen LogP contribution >= 0.6 is 0 Å². The van der Waals surface area contributed by atoms with Crippen molar-refractivity contribution in [3.63, 3.8) is 0 Å². The van der Waals surface area contributed by atoms with E-state index in [1.807, 2.05) is 6.07 Å². The summed E-state index contributed by atoms with van der Waals surface area (Å²) >= 11 is 0. The van der Waals surface area contributed by atoms with E-state index in [0.717, 1.165) is 11.3 Å². The third kappa shape index (κ3) is 4.79. The van der Waals surface area contributed by atoms with Gasteiger partial charge in [-0.1, -0.05) is 0 Å². The molecule has 2 aliphatic rings. The normalized spacial score (nSPS) is 15.7. The molecule has 2 aliphatic heterocycles. The fourth-order valence-electron chi connectivity index (χ4n) is 3.76. The Labute approximate surface area is 180 Å². The van der Waals surface area contributed by atoms with Crippen molar-refractivity contribution in [2.24, 2.45) is 0 Å². The molecule has 0 atom stereocenters. The maximum atomic E-state index is 12.7. The number of piperazine rings is 1. The number of amides is 3. The molecule has 162 valence electrons. The first-order valence-electron chi connectivity index (χ1n) is 10.3. The van der Waals surface area contributed by atoms with E-state index >= 15 is 0 Å². The quantitative estimate of drug-likeness (QED) is 0.794. The molecule has 3 amide bonds. The smallest absolute Gasteiger partial charge is 0.260 e. The number of carbonyl (C=O) groups excluding carboxylic acids is 3. The number of hydrogen-bond acceptors (Lipinski definition) is 5. The summed E-state index contributed by atoms with van der Waals surface area (Å²) in [6.07, 6.45) is 1.12. The van der Waals surface area contributed by atoms with Crippen LogP contribution in [0.3, 0.4) is 0 Å². The zero-order chi connectivity index (χ0) is 21.8. The lowest BCUT2D eigenvalue weighted by Gasteiger charge is -2.34. The summed E-state index contributed by atoms with van der Waals surface area (Å²) in [6.45, 7) is 1.85. The summed E-state index contributed by atoms with van der Waals surface area (Å²) in [7, 11) is 1.59. The molecule has 0 bridgehead atoms. The molecule has 8 nitrogen and oxygen atoms in total. The van der Waals surface area contributed by atoms with Crippen molar-refractivity contribution >= 4 is 23.4 Å². The Bertz CT molecular complexity index is 981. The zero-order valence-corrected chi connectivity index (χ0v) is 17.4. The first kappa shape index (κ1) is 20.7. The summed E-state index contributed by atoms with van der Waals surface area (Å²) in [6, 6.07) is 12.4. The summed E-state index contributed by atoms with van der Waals surface area (Å²) in [5, 5.41) is 2.83. The highest BCUT2D eigenvalue weighted by Crippen LogP contribution is 2.26. The van der Waals surface area contributed by atoms with Gasteiger partial charge in [-0.15, -0.1) is 0 Å². The minimum Gasteiger partial charge on any atom is -0.497 e. The van der Waals surface area contributed by atoms with E-state index in [0.29, 0.717) is 56.1 Å². The van der Waals surface area contributed by atoms with Gasteiger partial charge in [-0.3, -0.25) is 14.4 Å². The number of anilines is 1. The molecule has 0 unspecified atom stereocenters. The van der Waals surface area contributed by atoms with Crippen LogP contribution in [0.15, 0.2) is 42.5 Å². The zero-order valence-electron chi connectivity index (χ0n) is 17.4. The molecule has 0 spiro atoms. The summed E-state index contributed by atoms with van der Waals surface area (Å²) in [4.78, 5) is 40.1. The predicted molar refractivity (Wildman–Crippen MR) is 114 cm³/mol. The molecule has 0 aromatic heterocycles. The standard InChI is InChI=1S/C23H25N3O5/c1-30-18-5-2-16(3-6-18)23(29)26-12-10-25(11-13-26)22(28)15-31-19-7-8-20-17(14-19)4-9-21(27)24-20/h2-3,5-8,14H,4,9-13,15H2,1H3,(H,24,27). The van der Waals surface area contributed by atoms with Gasteiger partial charge in [-0.05, 0) is 54.4 Å². The number of rotatable bonds is 5. The molecule has 0 saturated carbocycles. The monoisotopic (exact) mass is 423 g/mol. The van der Waals surface area contributed by atoms with Gasteiger partial charge in [-0.2, -0.15) is 0 Å². The molecule has 1 saturated heterocycles. The second kappa shape index (κ2) is 9.07. The van der Waals surface area contributed by atoms with Gasteiger partial charge in [0.2, 0.25) is 5.91 Å². The Morgan fingerprint density at radius 1 is 0.935 bits per heavy atom. The molecule has 1 fully saturated rings. The fourth-order valence-corrected chi connectivity index (χ4v) is 3.76. The lowest BCUT2D eigenvalue weighted by Crippen LogP contribution is -2.51. The van der Waals surface area contributed by atoms with E-state index in [1.54, 1.807) is 53.3 Å². The Kier molecular flexibility index (Phi) is 6.06. The number of benzene rings is 2. The third-order valence-electron chi connectivity index (χ3n) is 5.59. The Morgan fingerprint density at radius 2 is 1.61 bits per heavy atom. The molecule has 1 N–H and O–H groups in total. The van der Waals surface area contributed by atoms with Crippen molar-refractivity contribution in [2.45, 2.75) is 12.8 Å². The number of aryl methyl sites for hydroxylation is 1. The molecule has 0 radical (unpaired) electrons. The van der Waals surface area contributed by atoms with Gasteiger partial charge in [0.1, 0.15) is 11.5 Å². The van der Waals surface area contributed by atoms with Gasteiger partial charge in [0, 0.05) is 43.9 Å². The van der Waals surface area contributed by atoms with Crippen LogP contribution in [-0.4, -0.2) is 67.4 Å². The number of methoxy groups -OCH3 is 1. The number of fused-ring (bicyclic) bond motifs is 1. The number of nitrogens with one attached hydrogen (secondary N) is 1. The summed E-state index contributed by atoms with van der Waals surface area (Å²) in [5.41, 5.74) is 2.41. The first-order valence-corrected chi connectivity index (χ1v) is 10.3. The molecule has 0 aliphatic carbocycles. The molecule has 2 heterocycles. The van der Waals surface area contributed by atoms with Crippen molar-refractivity contribution in [1.82, 2.24) is 9.80 Å². The number of nitrogens with zero attached hydrogens (tertiary/aromatic N) is 2. The number of ether oxygens (including phenoxy) is 2. The molecule has 31 heavy (non-hydrogen) atoms. The van der Waals surface area contributed by atoms with E-state index in [9.17, 15) is 14.4 Å². The predicted octanol–water partition coefficient (Wildman–Crippen LogP) is 1.94. The minimum absolute atomic E-state index is 0.0148. The van der Waals surface area contributed by atoms with Crippen molar-refractivity contribution in [1.29, 1.82) is 0 Å². The van der Waals surface area contributed by atoms with Gasteiger partial charge in [-0.25, -0.2) is 0 Å². The average molecular weight is 423 g/mol. The van der Waals surface area contributed by atoms with E-state index < -0.39 is 0 Å². The average Bonchev–Trinajstić information content (AvgIpc) is 2.82. The topological polar surface area (TPSA) is 88.2 Å². The highest BCUT2D eigenvalue weighted by atomic mass is 16.5. The van der Waals surface area contributed by atoms with Gasteiger partial charge in [0.25, 0.3) is 11.8 Å². The van der Waals surface area contributed by atoms with Crippen LogP contribution in [-0.2, 0) is 16.0 Å². The van der Waals surface area contributed by atoms with Crippen LogP contribution in [0.2, 0.25) is 0 Å². The summed E-state index contributed by atoms with van der Waals surface area (Å²) in [5.74, 6) is 1.17. The van der Waals surface area contributed by atoms with Gasteiger partial charge >= 0.3 is 0 Å². The molecular formula is C23H25N3O5. The minimum atomic E-state index is -0.109. The van der Waals surface area contributed by atoms with Crippen LogP contribution in [0.5, 0.6) is 11.5 Å². The van der Waals surface area contributed by atoms with Crippen LogP contribution in [0.4, 0.5) is 5.69 Å². The number of carbonyl (C=O) groups is 3. The van der Waals surface area contributed by atoms with E-state index in [1.165, 1.54) is 0 Å². The summed E-state index contributed by atoms with van der Waals surface area (Å²) < 4.78 is 10.8. The van der Waals surface area contributed by atoms with Gasteiger partial charge < -0.3 is 24.6 Å². The maximum absolute atomic E-state index is 12.7. The largest absolute Gasteiger partial charge is 0.497 e. The van der Waals surface area contributed by atoms with Gasteiger partial charge in [0.05, 0.1) is 7.11 Å². The SMILES string of the molecule is COc1ccc(C(=O)N2CCN(C(=O)COc3ccc4c(c3)CCC(=O)N4)CC2)cc1. The van der Waals surface area contributed by atoms with Crippen molar-refractivity contribution in [3.8, 4) is 11.5 Å². The lowest BCUT2D eigenvalue weighted by atomic mass is 10.0. The van der Waals surface area contributed by atoms with Crippen LogP contribution in [0, 0.1) is 0 Å². The van der Waals surface area contributed by atoms with E-state index in [2.05, 4.69) is 5.32 Å². The van der Waals surface area contributed by atoms with Crippen molar-refractivity contribution in [3.05, 3.63) is 53.6 Å². The van der Waals surface area contributed by atoms with Crippen molar-refractivity contribution < 1.29 is 23.9 Å². The van der Waals surface area contributed by atoms with Crippen LogP contribution in [0.1, 0.15) is 22.3 Å². The lowest BCUT2D eigenvalue weighted by molar-refractivity contribution is -0.134. The second-order valence-corrected chi connectivity index (χ2v) is 7.56. The Hall–Kier alpha value is -3.55. The molecule has 2 aromatic rings. The maximum Gasteiger partial charge on any atom is 0.260 e. The van der Waals surface area contributed by atoms with Crippen LogP contribution < -0.4 is 14.8 Å². The first-order chi connectivity index (χ1) is 15.0. The molecular weight excluding hydrogens is 398 g/mol. The molecule has 2 aromatic carbocycles. The van der Waals surface area contributed by atoms with E-state index in [4.69, 9.17) is 9.47 Å². The van der Waals surface area contributed by atoms with E-state index in [-0.39, 0.29) is 24.3 Å². The van der Waals surface area contributed by atoms with Gasteiger partial charge in [0.15, 0.2) is 6.61 Å². The third-order valence-corrected chi connectivity index (χ3v) is 5.59. The van der Waals surface area contributed by atoms with Crippen LogP contribution in [0.25, 0.3) is 0 Å². The fraction of sp³-hybridized carbons (Fsp3) is 0.348. The number of hydrogen-bond donors (Lipinski definition) is 1.